The second-order valence-electron chi connectivity index (χ2n) is 8.98. The van der Waals surface area contributed by atoms with Crippen LogP contribution in [0.5, 0.6) is 5.75 Å². The quantitative estimate of drug-likeness (QED) is 0.638. The second-order valence-corrected chi connectivity index (χ2v) is 8.98. The van der Waals surface area contributed by atoms with Crippen LogP contribution in [0.25, 0.3) is 5.69 Å². The summed E-state index contributed by atoms with van der Waals surface area (Å²) in [4.78, 5) is 39.8. The molecule has 1 heterocycles. The van der Waals surface area contributed by atoms with E-state index in [1.54, 1.807) is 13.2 Å². The highest BCUT2D eigenvalue weighted by Gasteiger charge is 2.36. The minimum Gasteiger partial charge on any atom is -0.496 e. The molecule has 0 radical (unpaired) electrons. The first-order valence-electron chi connectivity index (χ1n) is 10.7. The highest BCUT2D eigenvalue weighted by atomic mass is 19.1. The number of rotatable bonds is 5. The molecule has 3 aromatic rings. The van der Waals surface area contributed by atoms with Crippen molar-refractivity contribution in [2.75, 3.05) is 7.11 Å². The zero-order valence-corrected chi connectivity index (χ0v) is 18.8. The number of pyridine rings is 1. The van der Waals surface area contributed by atoms with Crippen molar-refractivity contribution < 1.29 is 18.7 Å². The van der Waals surface area contributed by atoms with Gasteiger partial charge in [-0.3, -0.25) is 19.0 Å². The van der Waals surface area contributed by atoms with Crippen molar-refractivity contribution in [3.63, 3.8) is 0 Å². The Labute approximate surface area is 191 Å². The monoisotopic (exact) mass is 448 g/mol. The molecular formula is C26H25FN2O4. The zero-order chi connectivity index (χ0) is 23.8. The van der Waals surface area contributed by atoms with Crippen molar-refractivity contribution in [3.8, 4) is 11.4 Å². The van der Waals surface area contributed by atoms with Crippen molar-refractivity contribution in [2.45, 2.75) is 33.2 Å². The Kier molecular flexibility index (Phi) is 5.89. The van der Waals surface area contributed by atoms with Crippen LogP contribution in [-0.2, 0) is 13.0 Å². The number of fused-ring (bicyclic) bond motifs is 1. The van der Waals surface area contributed by atoms with E-state index in [2.05, 4.69) is 5.32 Å². The first-order chi connectivity index (χ1) is 15.7. The molecule has 1 N–H and O–H groups in total. The normalized spacial score (nSPS) is 14.5. The molecule has 2 aromatic carbocycles. The molecule has 170 valence electrons. The van der Waals surface area contributed by atoms with Crippen LogP contribution < -0.4 is 15.6 Å². The summed E-state index contributed by atoms with van der Waals surface area (Å²) < 4.78 is 20.0. The van der Waals surface area contributed by atoms with E-state index < -0.39 is 17.3 Å². The SMILES string of the molecule is COc1ccccc1CNC(=O)c1c2c(cn(-c3ccc(F)cc3)c1=O)C(=O)CC(C)(C)C2. The van der Waals surface area contributed by atoms with Gasteiger partial charge in [-0.15, -0.1) is 0 Å². The van der Waals surface area contributed by atoms with Crippen LogP contribution in [0, 0.1) is 11.2 Å². The van der Waals surface area contributed by atoms with E-state index in [-0.39, 0.29) is 23.3 Å². The number of aromatic nitrogens is 1. The number of benzene rings is 2. The van der Waals surface area contributed by atoms with Gasteiger partial charge in [0.25, 0.3) is 11.5 Å². The summed E-state index contributed by atoms with van der Waals surface area (Å²) in [6, 6.07) is 12.6. The maximum absolute atomic E-state index is 13.5. The fourth-order valence-electron chi connectivity index (χ4n) is 4.29. The summed E-state index contributed by atoms with van der Waals surface area (Å²) in [6.45, 7) is 4.03. The number of ketones is 1. The van der Waals surface area contributed by atoms with Gasteiger partial charge in [-0.05, 0) is 47.7 Å². The molecule has 7 heteroatoms. The average molecular weight is 448 g/mol. The lowest BCUT2D eigenvalue weighted by molar-refractivity contribution is 0.0909. The molecule has 0 unspecified atom stereocenters. The number of halogens is 1. The summed E-state index contributed by atoms with van der Waals surface area (Å²) in [7, 11) is 1.54. The number of amides is 1. The number of nitrogens with zero attached hydrogens (tertiary/aromatic N) is 1. The highest BCUT2D eigenvalue weighted by molar-refractivity contribution is 6.04. The minimum atomic E-state index is -0.566. The van der Waals surface area contributed by atoms with Gasteiger partial charge in [0, 0.05) is 36.0 Å². The topological polar surface area (TPSA) is 77.4 Å². The summed E-state index contributed by atoms with van der Waals surface area (Å²) in [5.74, 6) is -0.523. The molecule has 1 aliphatic rings. The molecule has 0 fully saturated rings. The van der Waals surface area contributed by atoms with Crippen molar-refractivity contribution in [2.24, 2.45) is 5.41 Å². The molecule has 0 saturated carbocycles. The van der Waals surface area contributed by atoms with Gasteiger partial charge in [0.2, 0.25) is 0 Å². The Hall–Kier alpha value is -3.74. The lowest BCUT2D eigenvalue weighted by atomic mass is 9.73. The van der Waals surface area contributed by atoms with Crippen LogP contribution in [0.2, 0.25) is 0 Å². The van der Waals surface area contributed by atoms with E-state index in [9.17, 15) is 18.8 Å². The van der Waals surface area contributed by atoms with Gasteiger partial charge in [-0.25, -0.2) is 4.39 Å². The third kappa shape index (κ3) is 4.44. The van der Waals surface area contributed by atoms with E-state index in [4.69, 9.17) is 4.74 Å². The van der Waals surface area contributed by atoms with Crippen LogP contribution in [0.4, 0.5) is 4.39 Å². The molecule has 0 aliphatic heterocycles. The van der Waals surface area contributed by atoms with Gasteiger partial charge in [-0.2, -0.15) is 0 Å². The summed E-state index contributed by atoms with van der Waals surface area (Å²) >= 11 is 0. The lowest BCUT2D eigenvalue weighted by Gasteiger charge is -2.31. The highest BCUT2D eigenvalue weighted by Crippen LogP contribution is 2.35. The number of hydrogen-bond donors (Lipinski definition) is 1. The predicted octanol–water partition coefficient (Wildman–Crippen LogP) is 4.07. The van der Waals surface area contributed by atoms with E-state index in [1.807, 2.05) is 32.0 Å². The molecule has 0 atom stereocenters. The number of nitrogens with one attached hydrogen (secondary N) is 1. The average Bonchev–Trinajstić information content (AvgIpc) is 2.77. The molecule has 0 saturated heterocycles. The molecule has 4 rings (SSSR count). The van der Waals surface area contributed by atoms with Crippen LogP contribution in [0.3, 0.4) is 0 Å². The van der Waals surface area contributed by atoms with Gasteiger partial charge >= 0.3 is 0 Å². The van der Waals surface area contributed by atoms with Gasteiger partial charge < -0.3 is 10.1 Å². The number of methoxy groups -OCH3 is 1. The Balaban J connectivity index is 1.81. The summed E-state index contributed by atoms with van der Waals surface area (Å²) in [5, 5.41) is 2.81. The van der Waals surface area contributed by atoms with Crippen molar-refractivity contribution in [1.29, 1.82) is 0 Å². The molecule has 6 nitrogen and oxygen atoms in total. The Morgan fingerprint density at radius 2 is 1.79 bits per heavy atom. The van der Waals surface area contributed by atoms with Crippen molar-refractivity contribution >= 4 is 11.7 Å². The van der Waals surface area contributed by atoms with E-state index in [1.165, 1.54) is 35.0 Å². The molecule has 33 heavy (non-hydrogen) atoms. The first-order valence-corrected chi connectivity index (χ1v) is 10.7. The molecule has 0 spiro atoms. The minimum absolute atomic E-state index is 0.0622. The molecule has 1 aromatic heterocycles. The zero-order valence-electron chi connectivity index (χ0n) is 18.8. The van der Waals surface area contributed by atoms with E-state index >= 15 is 0 Å². The molecular weight excluding hydrogens is 423 g/mol. The van der Waals surface area contributed by atoms with Gasteiger partial charge in [0.05, 0.1) is 7.11 Å². The predicted molar refractivity (Wildman–Crippen MR) is 123 cm³/mol. The number of hydrogen-bond acceptors (Lipinski definition) is 4. The third-order valence-electron chi connectivity index (χ3n) is 5.88. The number of carbonyl (C=O) groups is 2. The third-order valence-corrected chi connectivity index (χ3v) is 5.88. The Morgan fingerprint density at radius 1 is 1.09 bits per heavy atom. The van der Waals surface area contributed by atoms with Crippen LogP contribution >= 0.6 is 0 Å². The fraction of sp³-hybridized carbons (Fsp3) is 0.269. The number of para-hydroxylation sites is 1. The maximum Gasteiger partial charge on any atom is 0.268 e. The summed E-state index contributed by atoms with van der Waals surface area (Å²) in [5.41, 5.74) is 0.944. The Morgan fingerprint density at radius 3 is 2.48 bits per heavy atom. The van der Waals surface area contributed by atoms with E-state index in [0.717, 1.165) is 5.56 Å². The van der Waals surface area contributed by atoms with Crippen molar-refractivity contribution in [3.05, 3.63) is 93.2 Å². The van der Waals surface area contributed by atoms with Crippen LogP contribution in [0.1, 0.15) is 52.1 Å². The van der Waals surface area contributed by atoms with Gasteiger partial charge in [-0.1, -0.05) is 32.0 Å². The lowest BCUT2D eigenvalue weighted by Crippen LogP contribution is -2.38. The Bertz CT molecular complexity index is 1290. The second kappa shape index (κ2) is 8.65. The van der Waals surface area contributed by atoms with Gasteiger partial charge in [0.15, 0.2) is 5.78 Å². The standard InChI is InChI=1S/C26H25FN2O4/c1-26(2)12-19-20(21(30)13-26)15-29(18-10-8-17(27)9-11-18)25(32)23(19)24(31)28-14-16-6-4-5-7-22(16)33-3/h4-11,15H,12-14H2,1-3H3,(H,28,31). The maximum atomic E-state index is 13.5. The molecule has 0 bridgehead atoms. The molecule has 1 amide bonds. The summed E-state index contributed by atoms with van der Waals surface area (Å²) in [6.07, 6.45) is 2.20. The van der Waals surface area contributed by atoms with Crippen LogP contribution in [0.15, 0.2) is 59.5 Å². The largest absolute Gasteiger partial charge is 0.496 e. The fourth-order valence-corrected chi connectivity index (χ4v) is 4.29. The van der Waals surface area contributed by atoms with Crippen LogP contribution in [-0.4, -0.2) is 23.4 Å². The van der Waals surface area contributed by atoms with Crippen molar-refractivity contribution in [1.82, 2.24) is 9.88 Å². The van der Waals surface area contributed by atoms with E-state index in [0.29, 0.717) is 35.4 Å². The number of ether oxygens (including phenoxy) is 1. The number of carbonyl (C=O) groups excluding carboxylic acids is 2. The molecule has 1 aliphatic carbocycles. The van der Waals surface area contributed by atoms with Gasteiger partial charge in [0.1, 0.15) is 17.1 Å². The smallest absolute Gasteiger partial charge is 0.268 e. The first kappa shape index (κ1) is 22.5. The number of Topliss-reactive ketones (excluding diaryl/α,β-unsaturated/α-hetero) is 1.